The Hall–Kier alpha value is -2.51. The molecule has 0 bridgehead atoms. The van der Waals surface area contributed by atoms with Crippen LogP contribution in [0, 0.1) is 0 Å². The summed E-state index contributed by atoms with van der Waals surface area (Å²) in [6.07, 6.45) is 0.717. The van der Waals surface area contributed by atoms with Crippen molar-refractivity contribution in [1.82, 2.24) is 4.90 Å². The molecule has 1 atom stereocenters. The van der Waals surface area contributed by atoms with E-state index >= 15 is 0 Å². The van der Waals surface area contributed by atoms with E-state index in [1.807, 2.05) is 24.3 Å². The predicted octanol–water partition coefficient (Wildman–Crippen LogP) is 3.40. The highest BCUT2D eigenvalue weighted by Gasteiger charge is 2.34. The molecule has 1 aliphatic rings. The number of methoxy groups -OCH3 is 1. The number of amidine groups is 1. The number of amides is 2. The molecule has 0 aromatic heterocycles. The number of hydrogen-bond acceptors (Lipinski definition) is 5. The van der Waals surface area contributed by atoms with Crippen molar-refractivity contribution in [1.29, 1.82) is 0 Å². The monoisotopic (exact) mass is 417 g/mol. The molecule has 1 aliphatic heterocycles. The summed E-state index contributed by atoms with van der Waals surface area (Å²) in [5, 5.41) is 0.523. The molecule has 0 saturated carbocycles. The van der Waals surface area contributed by atoms with Crippen LogP contribution in [0.5, 0.6) is 5.75 Å². The van der Waals surface area contributed by atoms with Crippen LogP contribution in [0.25, 0.3) is 0 Å². The Balaban J connectivity index is 1.83. The Morgan fingerprint density at radius 3 is 2.54 bits per heavy atom. The van der Waals surface area contributed by atoms with Crippen molar-refractivity contribution in [3.8, 4) is 5.75 Å². The molecule has 2 aromatic carbocycles. The molecule has 1 heterocycles. The third-order valence-corrected chi connectivity index (χ3v) is 5.75. The number of hydrogen-bond donors (Lipinski definition) is 1. The largest absolute Gasteiger partial charge is 0.497 e. The summed E-state index contributed by atoms with van der Waals surface area (Å²) in [4.78, 5) is 30.5. The van der Waals surface area contributed by atoms with Gasteiger partial charge in [-0.15, -0.1) is 0 Å². The average Bonchev–Trinajstić information content (AvgIpc) is 2.69. The van der Waals surface area contributed by atoms with Crippen molar-refractivity contribution in [3.63, 3.8) is 0 Å². The fraction of sp³-hybridized carbons (Fsp3) is 0.250. The second-order valence-electron chi connectivity index (χ2n) is 6.23. The minimum Gasteiger partial charge on any atom is -0.497 e. The van der Waals surface area contributed by atoms with E-state index in [0.717, 1.165) is 5.56 Å². The SMILES string of the molecule is COc1ccc(N=C2S[C@H](C(N)=O)CC(=O)N2CCc2ccc(Cl)cc2)cc1. The van der Waals surface area contributed by atoms with Crippen LogP contribution in [0.3, 0.4) is 0 Å². The van der Waals surface area contributed by atoms with Crippen molar-refractivity contribution >= 4 is 46.0 Å². The van der Waals surface area contributed by atoms with Gasteiger partial charge in [0, 0.05) is 18.0 Å². The quantitative estimate of drug-likeness (QED) is 0.780. The smallest absolute Gasteiger partial charge is 0.231 e. The van der Waals surface area contributed by atoms with E-state index in [1.54, 1.807) is 36.3 Å². The number of ether oxygens (including phenoxy) is 1. The molecule has 0 radical (unpaired) electrons. The molecule has 28 heavy (non-hydrogen) atoms. The lowest BCUT2D eigenvalue weighted by molar-refractivity contribution is -0.129. The van der Waals surface area contributed by atoms with Crippen molar-refractivity contribution in [2.75, 3.05) is 13.7 Å². The van der Waals surface area contributed by atoms with Crippen molar-refractivity contribution in [3.05, 3.63) is 59.1 Å². The van der Waals surface area contributed by atoms with Gasteiger partial charge in [-0.1, -0.05) is 35.5 Å². The molecule has 2 amide bonds. The molecule has 0 aliphatic carbocycles. The number of nitrogens with zero attached hydrogens (tertiary/aromatic N) is 2. The number of rotatable bonds is 6. The van der Waals surface area contributed by atoms with Gasteiger partial charge in [-0.3, -0.25) is 14.5 Å². The van der Waals surface area contributed by atoms with E-state index in [9.17, 15) is 9.59 Å². The zero-order valence-corrected chi connectivity index (χ0v) is 16.9. The van der Waals surface area contributed by atoms with Crippen LogP contribution in [-0.2, 0) is 16.0 Å². The second-order valence-corrected chi connectivity index (χ2v) is 7.83. The summed E-state index contributed by atoms with van der Waals surface area (Å²) < 4.78 is 5.15. The topological polar surface area (TPSA) is 85.0 Å². The second kappa shape index (κ2) is 9.12. The molecule has 8 heteroatoms. The van der Waals surface area contributed by atoms with Crippen LogP contribution < -0.4 is 10.5 Å². The van der Waals surface area contributed by atoms with E-state index < -0.39 is 11.2 Å². The minimum atomic E-state index is -0.615. The Morgan fingerprint density at radius 1 is 1.25 bits per heavy atom. The molecule has 6 nitrogen and oxygen atoms in total. The van der Waals surface area contributed by atoms with Gasteiger partial charge in [0.05, 0.1) is 18.0 Å². The zero-order valence-electron chi connectivity index (χ0n) is 15.3. The Labute approximate surface area is 172 Å². The minimum absolute atomic E-state index is 0.0717. The molecule has 146 valence electrons. The highest BCUT2D eigenvalue weighted by atomic mass is 35.5. The van der Waals surface area contributed by atoms with E-state index in [0.29, 0.717) is 34.6 Å². The lowest BCUT2D eigenvalue weighted by atomic mass is 10.1. The number of carbonyl (C=O) groups excluding carboxylic acids is 2. The van der Waals surface area contributed by atoms with Gasteiger partial charge in [0.1, 0.15) is 5.75 Å². The first kappa shape index (κ1) is 20.2. The molecule has 1 fully saturated rings. The Kier molecular flexibility index (Phi) is 6.59. The Morgan fingerprint density at radius 2 is 1.93 bits per heavy atom. The van der Waals surface area contributed by atoms with Crippen LogP contribution >= 0.6 is 23.4 Å². The summed E-state index contributed by atoms with van der Waals surface area (Å²) in [7, 11) is 1.59. The molecule has 2 aromatic rings. The van der Waals surface area contributed by atoms with Crippen LogP contribution in [0.15, 0.2) is 53.5 Å². The number of aliphatic imine (C=N–C) groups is 1. The maximum absolute atomic E-state index is 12.7. The first-order chi connectivity index (χ1) is 13.5. The molecular formula is C20H20ClN3O3S. The first-order valence-electron chi connectivity index (χ1n) is 8.70. The summed E-state index contributed by atoms with van der Waals surface area (Å²) >= 11 is 7.15. The highest BCUT2D eigenvalue weighted by Crippen LogP contribution is 2.29. The lowest BCUT2D eigenvalue weighted by Gasteiger charge is -2.31. The number of halogens is 1. The molecule has 0 spiro atoms. The molecular weight excluding hydrogens is 398 g/mol. The van der Waals surface area contributed by atoms with E-state index in [2.05, 4.69) is 4.99 Å². The third-order valence-electron chi connectivity index (χ3n) is 4.29. The first-order valence-corrected chi connectivity index (χ1v) is 9.95. The van der Waals surface area contributed by atoms with E-state index in [-0.39, 0.29) is 12.3 Å². The summed E-state index contributed by atoms with van der Waals surface area (Å²) in [6, 6.07) is 14.7. The van der Waals surface area contributed by atoms with Crippen molar-refractivity contribution < 1.29 is 14.3 Å². The number of primary amides is 1. The fourth-order valence-electron chi connectivity index (χ4n) is 2.73. The molecule has 1 saturated heterocycles. The normalized spacial score (nSPS) is 18.4. The van der Waals surface area contributed by atoms with Gasteiger partial charge >= 0.3 is 0 Å². The van der Waals surface area contributed by atoms with Crippen LogP contribution in [0.4, 0.5) is 5.69 Å². The molecule has 2 N–H and O–H groups in total. The van der Waals surface area contributed by atoms with E-state index in [4.69, 9.17) is 22.1 Å². The Bertz CT molecular complexity index is 885. The van der Waals surface area contributed by atoms with Gasteiger partial charge in [-0.2, -0.15) is 0 Å². The summed E-state index contributed by atoms with van der Waals surface area (Å²) in [5.41, 5.74) is 7.16. The zero-order chi connectivity index (χ0) is 20.1. The molecule has 3 rings (SSSR count). The number of thioether (sulfide) groups is 1. The van der Waals surface area contributed by atoms with E-state index in [1.165, 1.54) is 11.8 Å². The van der Waals surface area contributed by atoms with Crippen molar-refractivity contribution in [2.24, 2.45) is 10.7 Å². The average molecular weight is 418 g/mol. The highest BCUT2D eigenvalue weighted by molar-refractivity contribution is 8.15. The maximum Gasteiger partial charge on any atom is 0.231 e. The number of nitrogens with two attached hydrogens (primary N) is 1. The lowest BCUT2D eigenvalue weighted by Crippen LogP contribution is -2.46. The summed E-state index contributed by atoms with van der Waals surface area (Å²) in [5.74, 6) is 0.0350. The van der Waals surface area contributed by atoms with Crippen LogP contribution in [0.1, 0.15) is 12.0 Å². The van der Waals surface area contributed by atoms with Gasteiger partial charge < -0.3 is 10.5 Å². The van der Waals surface area contributed by atoms with Gasteiger partial charge in [0.15, 0.2) is 5.17 Å². The maximum atomic E-state index is 12.7. The standard InChI is InChI=1S/C20H20ClN3O3S/c1-27-16-8-6-15(7-9-16)23-20-24(18(25)12-17(28-20)19(22)26)11-10-13-2-4-14(21)5-3-13/h2-9,17H,10-12H2,1H3,(H2,22,26)/t17-/m0/s1. The predicted molar refractivity (Wildman–Crippen MR) is 112 cm³/mol. The van der Waals surface area contributed by atoms with Gasteiger partial charge in [0.25, 0.3) is 0 Å². The van der Waals surface area contributed by atoms with Crippen LogP contribution in [0.2, 0.25) is 5.02 Å². The van der Waals surface area contributed by atoms with Gasteiger partial charge in [-0.25, -0.2) is 4.99 Å². The fourth-order valence-corrected chi connectivity index (χ4v) is 3.93. The number of benzene rings is 2. The van der Waals surface area contributed by atoms with Gasteiger partial charge in [-0.05, 0) is 48.4 Å². The third kappa shape index (κ3) is 5.05. The molecule has 0 unspecified atom stereocenters. The number of carbonyl (C=O) groups is 2. The van der Waals surface area contributed by atoms with Crippen molar-refractivity contribution in [2.45, 2.75) is 18.1 Å². The van der Waals surface area contributed by atoms with Crippen LogP contribution in [-0.4, -0.2) is 40.8 Å². The van der Waals surface area contributed by atoms with Gasteiger partial charge in [0.2, 0.25) is 11.8 Å². The summed E-state index contributed by atoms with van der Waals surface area (Å²) in [6.45, 7) is 0.452.